The zero-order valence-electron chi connectivity index (χ0n) is 16.0. The van der Waals surface area contributed by atoms with E-state index in [4.69, 9.17) is 0 Å². The van der Waals surface area contributed by atoms with Crippen molar-refractivity contribution in [2.75, 3.05) is 32.7 Å². The second-order valence-corrected chi connectivity index (χ2v) is 8.57. The number of rotatable bonds is 4. The molecule has 1 atom stereocenters. The van der Waals surface area contributed by atoms with E-state index in [2.05, 4.69) is 46.2 Å². The number of nitrogens with zero attached hydrogens (tertiary/aromatic N) is 2. The highest BCUT2D eigenvalue weighted by atomic mass is 16.2. The maximum absolute atomic E-state index is 12.9. The molecular formula is C23H32N2O. The van der Waals surface area contributed by atoms with Crippen LogP contribution in [0.1, 0.15) is 50.5 Å². The maximum atomic E-state index is 12.9. The van der Waals surface area contributed by atoms with Crippen LogP contribution < -0.4 is 0 Å². The number of likely N-dealkylation sites (tertiary alicyclic amines) is 2. The molecule has 2 fully saturated rings. The first kappa shape index (κ1) is 17.8. The van der Waals surface area contributed by atoms with E-state index in [1.165, 1.54) is 50.8 Å². The molecule has 0 bridgehead atoms. The molecule has 1 aliphatic carbocycles. The summed E-state index contributed by atoms with van der Waals surface area (Å²) in [6, 6.07) is 10.8. The number of carbonyl (C=O) groups excluding carboxylic acids is 1. The van der Waals surface area contributed by atoms with Crippen LogP contribution in [0.3, 0.4) is 0 Å². The zero-order valence-corrected chi connectivity index (χ0v) is 16.0. The van der Waals surface area contributed by atoms with Crippen LogP contribution in [0.4, 0.5) is 0 Å². The van der Waals surface area contributed by atoms with Gasteiger partial charge >= 0.3 is 0 Å². The Labute approximate surface area is 158 Å². The van der Waals surface area contributed by atoms with E-state index in [0.717, 1.165) is 44.5 Å². The molecule has 4 rings (SSSR count). The highest BCUT2D eigenvalue weighted by Crippen LogP contribution is 2.39. The first-order valence-electron chi connectivity index (χ1n) is 10.5. The largest absolute Gasteiger partial charge is 0.338 e. The van der Waals surface area contributed by atoms with E-state index in [1.54, 1.807) is 0 Å². The van der Waals surface area contributed by atoms with Gasteiger partial charge in [0.1, 0.15) is 0 Å². The first-order chi connectivity index (χ1) is 12.7. The summed E-state index contributed by atoms with van der Waals surface area (Å²) in [5.41, 5.74) is 2.87. The van der Waals surface area contributed by atoms with Crippen LogP contribution in [0.25, 0.3) is 0 Å². The molecule has 0 radical (unpaired) electrons. The van der Waals surface area contributed by atoms with Gasteiger partial charge in [0.2, 0.25) is 5.91 Å². The number of hydrogen-bond donors (Lipinski definition) is 0. The standard InChI is InChI=1S/C23H32N2O/c26-22(21-10-5-2-6-11-21)25-17-14-23(19-25)13-7-15-24(18-23)16-12-20-8-3-1-4-9-20/h1,3-4,8-10H,2,5-7,11-19H2. The van der Waals surface area contributed by atoms with Crippen molar-refractivity contribution in [1.82, 2.24) is 9.80 Å². The molecule has 1 aromatic rings. The Morgan fingerprint density at radius 2 is 1.88 bits per heavy atom. The Balaban J connectivity index is 1.33. The SMILES string of the molecule is O=C(C1=CCCCC1)N1CCC2(CCCN(CCc3ccccc3)C2)C1. The molecule has 0 N–H and O–H groups in total. The Bertz CT molecular complexity index is 653. The van der Waals surface area contributed by atoms with Crippen molar-refractivity contribution in [2.24, 2.45) is 5.41 Å². The van der Waals surface area contributed by atoms with Gasteiger partial charge in [0, 0.05) is 37.2 Å². The highest BCUT2D eigenvalue weighted by Gasteiger charge is 2.42. The van der Waals surface area contributed by atoms with Crippen molar-refractivity contribution < 1.29 is 4.79 Å². The van der Waals surface area contributed by atoms with Gasteiger partial charge in [-0.25, -0.2) is 0 Å². The van der Waals surface area contributed by atoms with Crippen LogP contribution in [0.5, 0.6) is 0 Å². The van der Waals surface area contributed by atoms with Gasteiger partial charge in [-0.15, -0.1) is 0 Å². The molecule has 1 spiro atoms. The molecule has 1 unspecified atom stereocenters. The number of benzene rings is 1. The summed E-state index contributed by atoms with van der Waals surface area (Å²) < 4.78 is 0. The number of carbonyl (C=O) groups is 1. The predicted molar refractivity (Wildman–Crippen MR) is 106 cm³/mol. The lowest BCUT2D eigenvalue weighted by molar-refractivity contribution is -0.127. The van der Waals surface area contributed by atoms with Crippen molar-refractivity contribution in [3.05, 3.63) is 47.5 Å². The van der Waals surface area contributed by atoms with Crippen molar-refractivity contribution in [1.29, 1.82) is 0 Å². The monoisotopic (exact) mass is 352 g/mol. The Morgan fingerprint density at radius 3 is 2.69 bits per heavy atom. The molecule has 3 aliphatic rings. The minimum Gasteiger partial charge on any atom is -0.338 e. The number of amides is 1. The Hall–Kier alpha value is -1.61. The second-order valence-electron chi connectivity index (χ2n) is 8.57. The lowest BCUT2D eigenvalue weighted by atomic mass is 9.79. The lowest BCUT2D eigenvalue weighted by Gasteiger charge is -2.40. The molecule has 1 aromatic carbocycles. The second kappa shape index (κ2) is 7.96. The lowest BCUT2D eigenvalue weighted by Crippen LogP contribution is -2.46. The van der Waals surface area contributed by atoms with Crippen LogP contribution >= 0.6 is 0 Å². The summed E-state index contributed by atoms with van der Waals surface area (Å²) in [6.45, 7) is 5.47. The van der Waals surface area contributed by atoms with Crippen LogP contribution in [-0.4, -0.2) is 48.4 Å². The van der Waals surface area contributed by atoms with E-state index in [1.807, 2.05) is 0 Å². The summed E-state index contributed by atoms with van der Waals surface area (Å²) in [7, 11) is 0. The van der Waals surface area contributed by atoms with Crippen LogP contribution in [0.2, 0.25) is 0 Å². The fourth-order valence-electron chi connectivity index (χ4n) is 5.11. The summed E-state index contributed by atoms with van der Waals surface area (Å²) in [4.78, 5) is 17.7. The van der Waals surface area contributed by atoms with Crippen molar-refractivity contribution in [2.45, 2.75) is 51.4 Å². The normalized spacial score (nSPS) is 26.9. The third kappa shape index (κ3) is 4.03. The van der Waals surface area contributed by atoms with Crippen molar-refractivity contribution in [3.8, 4) is 0 Å². The molecule has 1 amide bonds. The summed E-state index contributed by atoms with van der Waals surface area (Å²) in [5, 5.41) is 0. The third-order valence-corrected chi connectivity index (χ3v) is 6.59. The summed E-state index contributed by atoms with van der Waals surface area (Å²) in [5.74, 6) is 0.336. The number of piperidine rings is 1. The molecule has 3 nitrogen and oxygen atoms in total. The fourth-order valence-corrected chi connectivity index (χ4v) is 5.11. The first-order valence-corrected chi connectivity index (χ1v) is 10.5. The minimum atomic E-state index is 0.336. The van der Waals surface area contributed by atoms with Gasteiger partial charge in [-0.1, -0.05) is 36.4 Å². The molecule has 140 valence electrons. The fraction of sp³-hybridized carbons (Fsp3) is 0.609. The van der Waals surface area contributed by atoms with Crippen molar-refractivity contribution in [3.63, 3.8) is 0 Å². The number of hydrogen-bond acceptors (Lipinski definition) is 2. The highest BCUT2D eigenvalue weighted by molar-refractivity contribution is 5.93. The molecule has 0 saturated carbocycles. The van der Waals surface area contributed by atoms with Gasteiger partial charge in [-0.05, 0) is 63.5 Å². The molecule has 3 heteroatoms. The van der Waals surface area contributed by atoms with Gasteiger partial charge in [0.15, 0.2) is 0 Å². The summed E-state index contributed by atoms with van der Waals surface area (Å²) >= 11 is 0. The number of allylic oxidation sites excluding steroid dienone is 1. The minimum absolute atomic E-state index is 0.336. The van der Waals surface area contributed by atoms with Gasteiger partial charge in [-0.2, -0.15) is 0 Å². The van der Waals surface area contributed by atoms with E-state index in [-0.39, 0.29) is 0 Å². The Morgan fingerprint density at radius 1 is 1.00 bits per heavy atom. The predicted octanol–water partition coefficient (Wildman–Crippen LogP) is 4.04. The van der Waals surface area contributed by atoms with Gasteiger partial charge in [0.25, 0.3) is 0 Å². The molecule has 26 heavy (non-hydrogen) atoms. The molecular weight excluding hydrogens is 320 g/mol. The topological polar surface area (TPSA) is 23.6 Å². The smallest absolute Gasteiger partial charge is 0.249 e. The van der Waals surface area contributed by atoms with Crippen LogP contribution in [-0.2, 0) is 11.2 Å². The third-order valence-electron chi connectivity index (χ3n) is 6.59. The van der Waals surface area contributed by atoms with E-state index >= 15 is 0 Å². The molecule has 0 aromatic heterocycles. The molecule has 2 heterocycles. The molecule has 2 saturated heterocycles. The van der Waals surface area contributed by atoms with E-state index in [9.17, 15) is 4.79 Å². The average Bonchev–Trinajstić information content (AvgIpc) is 3.10. The quantitative estimate of drug-likeness (QED) is 0.816. The van der Waals surface area contributed by atoms with Gasteiger partial charge < -0.3 is 9.80 Å². The zero-order chi connectivity index (χ0) is 17.8. The van der Waals surface area contributed by atoms with Gasteiger partial charge in [-0.3, -0.25) is 4.79 Å². The average molecular weight is 353 g/mol. The van der Waals surface area contributed by atoms with Gasteiger partial charge in [0.05, 0.1) is 0 Å². The summed E-state index contributed by atoms with van der Waals surface area (Å²) in [6.07, 6.45) is 11.6. The molecule has 2 aliphatic heterocycles. The maximum Gasteiger partial charge on any atom is 0.249 e. The Kier molecular flexibility index (Phi) is 5.44. The van der Waals surface area contributed by atoms with E-state index < -0.39 is 0 Å². The van der Waals surface area contributed by atoms with Crippen LogP contribution in [0.15, 0.2) is 42.0 Å². The van der Waals surface area contributed by atoms with E-state index in [0.29, 0.717) is 11.3 Å². The van der Waals surface area contributed by atoms with Crippen LogP contribution in [0, 0.1) is 5.41 Å². The van der Waals surface area contributed by atoms with Crippen molar-refractivity contribution >= 4 is 5.91 Å².